The summed E-state index contributed by atoms with van der Waals surface area (Å²) < 4.78 is 31.4. The molecule has 6 rings (SSSR count). The highest BCUT2D eigenvalue weighted by molar-refractivity contribution is 6.31. The molecular formula is C53H66ClFN6O10. The first-order valence-corrected chi connectivity index (χ1v) is 24.4. The molecule has 0 aromatic heterocycles. The fraction of sp³-hybridized carbons (Fsp3) is 0.491. The molecular weight excluding hydrogens is 935 g/mol. The van der Waals surface area contributed by atoms with Gasteiger partial charge in [0.2, 0.25) is 12.0 Å². The summed E-state index contributed by atoms with van der Waals surface area (Å²) in [6.45, 7) is 17.6. The van der Waals surface area contributed by atoms with Crippen molar-refractivity contribution in [2.24, 2.45) is 5.16 Å². The molecule has 3 N–H and O–H groups in total. The molecule has 0 radical (unpaired) electrons. The van der Waals surface area contributed by atoms with Crippen LogP contribution in [0.3, 0.4) is 0 Å². The van der Waals surface area contributed by atoms with Crippen LogP contribution in [0.5, 0.6) is 0 Å². The van der Waals surface area contributed by atoms with Gasteiger partial charge in [-0.2, -0.15) is 0 Å². The van der Waals surface area contributed by atoms with E-state index < -0.39 is 70.7 Å². The summed E-state index contributed by atoms with van der Waals surface area (Å²) in [5, 5.41) is 12.5. The number of unbranched alkanes of at least 4 members (excludes halogenated alkanes) is 1. The lowest BCUT2D eigenvalue weighted by Gasteiger charge is -2.38. The number of fused-ring (bicyclic) bond motifs is 1. The van der Waals surface area contributed by atoms with E-state index in [1.807, 2.05) is 23.1 Å². The zero-order valence-electron chi connectivity index (χ0n) is 42.0. The highest BCUT2D eigenvalue weighted by Crippen LogP contribution is 2.38. The van der Waals surface area contributed by atoms with Gasteiger partial charge in [-0.15, -0.1) is 0 Å². The van der Waals surface area contributed by atoms with Crippen LogP contribution in [0, 0.1) is 5.82 Å². The van der Waals surface area contributed by atoms with Crippen molar-refractivity contribution in [2.75, 3.05) is 38.0 Å². The number of anilines is 1. The average Bonchev–Trinajstić information content (AvgIpc) is 3.77. The zero-order valence-corrected chi connectivity index (χ0v) is 42.8. The molecule has 71 heavy (non-hydrogen) atoms. The highest BCUT2D eigenvalue weighted by atomic mass is 35.5. The van der Waals surface area contributed by atoms with E-state index in [1.165, 1.54) is 17.0 Å². The van der Waals surface area contributed by atoms with E-state index in [0.717, 1.165) is 16.7 Å². The number of nitrogens with one attached hydrogen (secondary N) is 3. The molecule has 3 aromatic carbocycles. The first kappa shape index (κ1) is 54.0. The maximum Gasteiger partial charge on any atom is 0.408 e. The SMILES string of the molecule is CC(C)(C)OC(=O)NC(CCCCNC(=O)CN1CC=C(c2cccc3c2CCN(C(=O)C2CC(c4cccc(Cl)c4F)=NO2)[C@@H]3C(=O)Nc2ccc(C(=O)OC(C)(C)C)cc2)CC1)C(=O)OC(C)(C)C. The maximum absolute atomic E-state index is 15.0. The summed E-state index contributed by atoms with van der Waals surface area (Å²) in [6.07, 6.45) is 2.67. The summed E-state index contributed by atoms with van der Waals surface area (Å²) in [5.74, 6) is -2.86. The number of alkyl carbamates (subject to hydrolysis) is 1. The van der Waals surface area contributed by atoms with Crippen molar-refractivity contribution < 1.29 is 52.2 Å². The molecule has 0 spiro atoms. The molecule has 382 valence electrons. The number of ether oxygens (including phenoxy) is 3. The minimum absolute atomic E-state index is 0.0350. The van der Waals surface area contributed by atoms with E-state index >= 15 is 0 Å². The molecule has 0 bridgehead atoms. The van der Waals surface area contributed by atoms with Gasteiger partial charge >= 0.3 is 18.0 Å². The van der Waals surface area contributed by atoms with Crippen molar-refractivity contribution in [3.63, 3.8) is 0 Å². The molecule has 0 aliphatic carbocycles. The summed E-state index contributed by atoms with van der Waals surface area (Å²) >= 11 is 6.04. The summed E-state index contributed by atoms with van der Waals surface area (Å²) in [4.78, 5) is 89.2. The van der Waals surface area contributed by atoms with Crippen molar-refractivity contribution in [3.8, 4) is 0 Å². The van der Waals surface area contributed by atoms with Crippen LogP contribution in [-0.4, -0.2) is 113 Å². The summed E-state index contributed by atoms with van der Waals surface area (Å²) in [5.41, 5.74) is 2.42. The number of carbonyl (C=O) groups excluding carboxylic acids is 6. The topological polar surface area (TPSA) is 194 Å². The van der Waals surface area contributed by atoms with Gasteiger partial charge in [-0.1, -0.05) is 47.1 Å². The lowest BCUT2D eigenvalue weighted by molar-refractivity contribution is -0.157. The van der Waals surface area contributed by atoms with Gasteiger partial charge < -0.3 is 39.9 Å². The third kappa shape index (κ3) is 15.1. The predicted molar refractivity (Wildman–Crippen MR) is 267 cm³/mol. The van der Waals surface area contributed by atoms with Gasteiger partial charge in [0.05, 0.1) is 22.8 Å². The molecule has 18 heteroatoms. The Labute approximate surface area is 420 Å². The molecule has 3 aliphatic heterocycles. The lowest BCUT2D eigenvalue weighted by Crippen LogP contribution is -2.49. The van der Waals surface area contributed by atoms with Gasteiger partial charge in [-0.05, 0) is 153 Å². The Hall–Kier alpha value is -6.33. The average molecular weight is 1000 g/mol. The van der Waals surface area contributed by atoms with E-state index in [9.17, 15) is 33.2 Å². The standard InChI is InChI=1S/C53H66ClFN6O10/c1-51(2,3)68-48(65)33-19-21-34(22-20-33)57-46(63)45-37-15-12-14-35(36(37)25-29-61(45)47(64)42-30-41(59-71-42)38-16-13-17-39(54)44(38)55)32-23-27-60(28-24-32)31-43(62)56-26-11-10-18-40(49(66)69-52(4,5)6)58-50(67)70-53(7,8)9/h12-17,19-23,40,42,45H,10-11,18,24-31H2,1-9H3,(H,56,62)(H,57,63)(H,58,67)/t40?,42?,45-/m0/s1. The van der Waals surface area contributed by atoms with Crippen LogP contribution in [-0.2, 0) is 44.6 Å². The molecule has 16 nitrogen and oxygen atoms in total. The molecule has 4 amide bonds. The first-order chi connectivity index (χ1) is 33.4. The van der Waals surface area contributed by atoms with Gasteiger partial charge in [-0.3, -0.25) is 19.3 Å². The summed E-state index contributed by atoms with van der Waals surface area (Å²) in [6, 6.07) is 14.5. The van der Waals surface area contributed by atoms with Gasteiger partial charge in [0, 0.05) is 43.9 Å². The second-order valence-corrected chi connectivity index (χ2v) is 21.3. The molecule has 3 atom stereocenters. The third-order valence-corrected chi connectivity index (χ3v) is 11.9. The number of rotatable bonds is 15. The quantitative estimate of drug-likeness (QED) is 0.0753. The van der Waals surface area contributed by atoms with Crippen LogP contribution in [0.4, 0.5) is 14.9 Å². The van der Waals surface area contributed by atoms with Crippen molar-refractivity contribution in [1.82, 2.24) is 20.4 Å². The highest BCUT2D eigenvalue weighted by Gasteiger charge is 2.42. The molecule has 3 aliphatic rings. The maximum atomic E-state index is 15.0. The molecule has 0 saturated carbocycles. The fourth-order valence-corrected chi connectivity index (χ4v) is 8.61. The second kappa shape index (κ2) is 22.8. The number of oxime groups is 1. The Morgan fingerprint density at radius 2 is 1.51 bits per heavy atom. The van der Waals surface area contributed by atoms with E-state index in [2.05, 4.69) is 27.2 Å². The fourth-order valence-electron chi connectivity index (χ4n) is 8.44. The van der Waals surface area contributed by atoms with Crippen LogP contribution in [0.2, 0.25) is 5.02 Å². The molecule has 0 fully saturated rings. The second-order valence-electron chi connectivity index (χ2n) is 20.9. The lowest BCUT2D eigenvalue weighted by atomic mass is 9.84. The minimum atomic E-state index is -1.12. The number of carbonyl (C=O) groups is 6. The van der Waals surface area contributed by atoms with Crippen LogP contribution in [0.1, 0.15) is 133 Å². The van der Waals surface area contributed by atoms with Gasteiger partial charge in [0.25, 0.3) is 11.8 Å². The van der Waals surface area contributed by atoms with E-state index in [4.69, 9.17) is 30.6 Å². The Morgan fingerprint density at radius 1 is 0.831 bits per heavy atom. The van der Waals surface area contributed by atoms with Gasteiger partial charge in [0.1, 0.15) is 28.9 Å². The smallest absolute Gasteiger partial charge is 0.408 e. The largest absolute Gasteiger partial charge is 0.458 e. The van der Waals surface area contributed by atoms with Crippen LogP contribution in [0.25, 0.3) is 5.57 Å². The van der Waals surface area contributed by atoms with Crippen molar-refractivity contribution in [1.29, 1.82) is 0 Å². The van der Waals surface area contributed by atoms with E-state index in [0.29, 0.717) is 68.6 Å². The van der Waals surface area contributed by atoms with Gasteiger partial charge in [0.15, 0.2) is 5.82 Å². The number of nitrogens with zero attached hydrogens (tertiary/aromatic N) is 3. The van der Waals surface area contributed by atoms with E-state index in [-0.39, 0.29) is 41.7 Å². The predicted octanol–water partition coefficient (Wildman–Crippen LogP) is 8.30. The number of amides is 4. The molecule has 0 saturated heterocycles. The number of halogens is 2. The van der Waals surface area contributed by atoms with Crippen molar-refractivity contribution >= 4 is 64.3 Å². The summed E-state index contributed by atoms with van der Waals surface area (Å²) in [7, 11) is 0. The van der Waals surface area contributed by atoms with Crippen molar-refractivity contribution in [3.05, 3.63) is 105 Å². The normalized spacial score (nSPS) is 17.6. The van der Waals surface area contributed by atoms with E-state index in [1.54, 1.807) is 92.6 Å². The van der Waals surface area contributed by atoms with Gasteiger partial charge in [-0.25, -0.2) is 18.8 Å². The number of esters is 2. The number of hydrogen-bond donors (Lipinski definition) is 3. The minimum Gasteiger partial charge on any atom is -0.458 e. The van der Waals surface area contributed by atoms with Crippen molar-refractivity contribution in [2.45, 2.75) is 136 Å². The Kier molecular flexibility index (Phi) is 17.4. The zero-order chi connectivity index (χ0) is 51.8. The third-order valence-electron chi connectivity index (χ3n) is 11.6. The molecule has 3 aromatic rings. The Balaban J connectivity index is 1.11. The van der Waals surface area contributed by atoms with Crippen LogP contribution >= 0.6 is 11.6 Å². The Bertz CT molecular complexity index is 2550. The first-order valence-electron chi connectivity index (χ1n) is 24.0. The monoisotopic (exact) mass is 1000 g/mol. The van der Waals surface area contributed by atoms with Crippen LogP contribution < -0.4 is 16.0 Å². The Morgan fingerprint density at radius 3 is 2.17 bits per heavy atom. The molecule has 3 heterocycles. The van der Waals surface area contributed by atoms with Crippen LogP contribution in [0.15, 0.2) is 71.9 Å². The number of benzene rings is 3. The molecule has 2 unspecified atom stereocenters. The number of hydrogen-bond acceptors (Lipinski definition) is 12.